The first-order valence-corrected chi connectivity index (χ1v) is 5.05. The van der Waals surface area contributed by atoms with Gasteiger partial charge in [0.05, 0.1) is 0 Å². The van der Waals surface area contributed by atoms with E-state index in [-0.39, 0.29) is 0 Å². The molecule has 0 fully saturated rings. The van der Waals surface area contributed by atoms with Crippen molar-refractivity contribution in [2.24, 2.45) is 0 Å². The second-order valence-electron chi connectivity index (χ2n) is 1.27. The molecule has 0 bridgehead atoms. The minimum atomic E-state index is -3.28. The highest BCUT2D eigenvalue weighted by Gasteiger charge is 1.97. The van der Waals surface area contributed by atoms with Crippen LogP contribution in [0.2, 0.25) is 0 Å². The van der Waals surface area contributed by atoms with Gasteiger partial charge in [-0.3, -0.25) is 0 Å². The molecule has 0 rings (SSSR count). The van der Waals surface area contributed by atoms with Gasteiger partial charge >= 0.3 is 28.8 Å². The molecule has 0 aliphatic carbocycles. The van der Waals surface area contributed by atoms with E-state index in [1.54, 1.807) is 0 Å². The summed E-state index contributed by atoms with van der Waals surface area (Å²) in [6.45, 7) is 0. The predicted molar refractivity (Wildman–Crippen MR) is 40.7 cm³/mol. The highest BCUT2D eigenvalue weighted by Crippen LogP contribution is 2.13. The Morgan fingerprint density at radius 2 is 1.07 bits per heavy atom. The molecule has 0 saturated heterocycles. The highest BCUT2D eigenvalue weighted by atomic mass is 31.1. The van der Waals surface area contributed by atoms with E-state index in [4.69, 9.17) is 20.0 Å². The van der Waals surface area contributed by atoms with E-state index in [1.165, 1.54) is 0 Å². The number of carbonyl (C=O) groups is 2. The van der Waals surface area contributed by atoms with Crippen LogP contribution in [0.3, 0.4) is 0 Å². The normalized spacial score (nSPS) is 12.7. The molecule has 2 atom stereocenters. The van der Waals surface area contributed by atoms with Crippen molar-refractivity contribution < 1.29 is 47.8 Å². The smallest absolute Gasteiger partial charge is 0.449 e. The van der Waals surface area contributed by atoms with Gasteiger partial charge in [-0.1, -0.05) is 0 Å². The summed E-state index contributed by atoms with van der Waals surface area (Å²) in [4.78, 5) is 33.8. The van der Waals surface area contributed by atoms with Crippen LogP contribution in [0.15, 0.2) is 0 Å². The second kappa shape index (κ2) is 8.52. The van der Waals surface area contributed by atoms with E-state index in [9.17, 15) is 18.7 Å². The molecule has 4 N–H and O–H groups in total. The third kappa shape index (κ3) is 22.4. The molecule has 0 aliphatic heterocycles. The van der Waals surface area contributed by atoms with Crippen molar-refractivity contribution in [2.75, 3.05) is 0 Å². The standard InChI is InChI=1S/2CH3O5P/c2*2-1(3)6-7(4)5/h2*7H,(H,2,3)(H,4,5). The van der Waals surface area contributed by atoms with Crippen molar-refractivity contribution in [3.05, 3.63) is 0 Å². The maximum atomic E-state index is 9.39. The molecule has 0 amide bonds. The molecular formula is C2H6O10P2. The van der Waals surface area contributed by atoms with E-state index < -0.39 is 28.8 Å². The summed E-state index contributed by atoms with van der Waals surface area (Å²) in [6.07, 6.45) is -3.46. The van der Waals surface area contributed by atoms with Crippen molar-refractivity contribution >= 4 is 28.8 Å². The van der Waals surface area contributed by atoms with Gasteiger partial charge in [0.1, 0.15) is 0 Å². The Balaban J connectivity index is 0. The van der Waals surface area contributed by atoms with Crippen LogP contribution in [-0.2, 0) is 18.2 Å². The molecule has 0 aromatic carbocycles. The molecular weight excluding hydrogens is 246 g/mol. The summed E-state index contributed by atoms with van der Waals surface area (Å²) in [5.41, 5.74) is 0. The zero-order valence-electron chi connectivity index (χ0n) is 6.24. The van der Waals surface area contributed by atoms with E-state index in [2.05, 4.69) is 9.05 Å². The molecule has 14 heavy (non-hydrogen) atoms. The van der Waals surface area contributed by atoms with E-state index >= 15 is 0 Å². The van der Waals surface area contributed by atoms with Crippen LogP contribution in [0.25, 0.3) is 0 Å². The van der Waals surface area contributed by atoms with Gasteiger partial charge in [0.2, 0.25) is 0 Å². The minimum Gasteiger partial charge on any atom is -0.449 e. The molecule has 10 nitrogen and oxygen atoms in total. The van der Waals surface area contributed by atoms with E-state index in [1.807, 2.05) is 0 Å². The van der Waals surface area contributed by atoms with E-state index in [0.717, 1.165) is 0 Å². The Kier molecular flexibility index (Phi) is 9.36. The Hall–Kier alpha value is -1.08. The lowest BCUT2D eigenvalue weighted by Gasteiger charge is -1.87. The lowest BCUT2D eigenvalue weighted by atomic mass is 11.5. The summed E-state index contributed by atoms with van der Waals surface area (Å²) in [6, 6.07) is 0. The Morgan fingerprint density at radius 3 is 1.07 bits per heavy atom. The van der Waals surface area contributed by atoms with Crippen LogP contribution in [0.5, 0.6) is 0 Å². The monoisotopic (exact) mass is 252 g/mol. The lowest BCUT2D eigenvalue weighted by Crippen LogP contribution is -1.89. The number of hydrogen-bond acceptors (Lipinski definition) is 6. The van der Waals surface area contributed by atoms with Crippen LogP contribution in [0.4, 0.5) is 9.59 Å². The van der Waals surface area contributed by atoms with Gasteiger partial charge in [-0.05, 0) is 0 Å². The van der Waals surface area contributed by atoms with Gasteiger partial charge in [0, 0.05) is 0 Å². The fourth-order valence-electron chi connectivity index (χ4n) is 0.149. The van der Waals surface area contributed by atoms with Gasteiger partial charge in [0.15, 0.2) is 0 Å². The average Bonchev–Trinajstić information content (AvgIpc) is 1.79. The second-order valence-corrected chi connectivity index (χ2v) is 2.74. The Labute approximate surface area is 77.6 Å². The maximum absolute atomic E-state index is 9.39. The predicted octanol–water partition coefficient (Wildman–Crippen LogP) is 0.126. The van der Waals surface area contributed by atoms with Crippen LogP contribution in [0.1, 0.15) is 0 Å². The van der Waals surface area contributed by atoms with Gasteiger partial charge < -0.3 is 29.0 Å². The molecule has 84 valence electrons. The van der Waals surface area contributed by atoms with Crippen LogP contribution >= 0.6 is 16.5 Å². The lowest BCUT2D eigenvalue weighted by molar-refractivity contribution is 0.140. The topological polar surface area (TPSA) is 168 Å². The SMILES string of the molecule is O=C(O)O[PH](=O)O.O=C(O)O[PH](=O)O. The van der Waals surface area contributed by atoms with Crippen LogP contribution in [0, 0.1) is 0 Å². The van der Waals surface area contributed by atoms with Crippen LogP contribution < -0.4 is 0 Å². The average molecular weight is 252 g/mol. The third-order valence-corrected chi connectivity index (χ3v) is 1.05. The number of carboxylic acid groups (broad SMARTS) is 2. The number of rotatable bonds is 2. The van der Waals surface area contributed by atoms with Crippen molar-refractivity contribution in [1.82, 2.24) is 0 Å². The third-order valence-electron chi connectivity index (χ3n) is 0.349. The van der Waals surface area contributed by atoms with Gasteiger partial charge in [-0.25, -0.2) is 18.7 Å². The molecule has 0 spiro atoms. The molecule has 12 heteroatoms. The molecule has 0 aromatic rings. The zero-order chi connectivity index (χ0) is 11.7. The molecule has 0 heterocycles. The first-order valence-electron chi connectivity index (χ1n) is 2.53. The summed E-state index contributed by atoms with van der Waals surface area (Å²) in [7, 11) is -6.57. The first kappa shape index (κ1) is 15.4. The summed E-state index contributed by atoms with van der Waals surface area (Å²) in [5.74, 6) is 0. The van der Waals surface area contributed by atoms with Crippen molar-refractivity contribution in [3.8, 4) is 0 Å². The fraction of sp³-hybridized carbons (Fsp3) is 0. The summed E-state index contributed by atoms with van der Waals surface area (Å²) < 4.78 is 25.3. The Bertz CT molecular complexity index is 195. The summed E-state index contributed by atoms with van der Waals surface area (Å²) in [5, 5.41) is 15.1. The Morgan fingerprint density at radius 1 is 0.857 bits per heavy atom. The van der Waals surface area contributed by atoms with Crippen molar-refractivity contribution in [2.45, 2.75) is 0 Å². The molecule has 0 aliphatic rings. The number of hydrogen-bond donors (Lipinski definition) is 4. The highest BCUT2D eigenvalue weighted by molar-refractivity contribution is 7.33. The van der Waals surface area contributed by atoms with Crippen molar-refractivity contribution in [3.63, 3.8) is 0 Å². The quantitative estimate of drug-likeness (QED) is 0.495. The first-order chi connectivity index (χ1) is 6.25. The minimum absolute atomic E-state index is 1.73. The molecule has 0 aromatic heterocycles. The zero-order valence-corrected chi connectivity index (χ0v) is 8.24. The largest absolute Gasteiger partial charge is 0.512 e. The van der Waals surface area contributed by atoms with Crippen LogP contribution in [-0.4, -0.2) is 32.3 Å². The fourth-order valence-corrected chi connectivity index (χ4v) is 0.448. The molecule has 2 unspecified atom stereocenters. The molecule has 0 saturated carbocycles. The summed E-state index contributed by atoms with van der Waals surface area (Å²) >= 11 is 0. The maximum Gasteiger partial charge on any atom is 0.512 e. The van der Waals surface area contributed by atoms with Crippen molar-refractivity contribution in [1.29, 1.82) is 0 Å². The van der Waals surface area contributed by atoms with E-state index in [0.29, 0.717) is 0 Å². The van der Waals surface area contributed by atoms with Gasteiger partial charge in [-0.2, -0.15) is 0 Å². The molecule has 0 radical (unpaired) electrons. The van der Waals surface area contributed by atoms with Gasteiger partial charge in [0.25, 0.3) is 0 Å². The van der Waals surface area contributed by atoms with Gasteiger partial charge in [-0.15, -0.1) is 0 Å².